The number of hydrogen-bond donors (Lipinski definition) is 1. The van der Waals surface area contributed by atoms with Crippen molar-refractivity contribution >= 4 is 12.0 Å². The molecule has 0 aromatic rings. The summed E-state index contributed by atoms with van der Waals surface area (Å²) in [5.74, 6) is 1.46. The maximum atomic E-state index is 13.0. The fourth-order valence-corrected chi connectivity index (χ4v) is 4.21. The molecule has 0 unspecified atom stereocenters. The molecule has 156 valence electrons. The molecule has 0 spiro atoms. The monoisotopic (exact) mass is 382 g/mol. The van der Waals surface area contributed by atoms with E-state index in [-0.39, 0.29) is 18.7 Å². The van der Waals surface area contributed by atoms with Crippen molar-refractivity contribution in [3.63, 3.8) is 0 Å². The van der Waals surface area contributed by atoms with Gasteiger partial charge in [-0.15, -0.1) is 0 Å². The van der Waals surface area contributed by atoms with Crippen LogP contribution in [0.15, 0.2) is 0 Å². The van der Waals surface area contributed by atoms with Gasteiger partial charge < -0.3 is 19.9 Å². The molecule has 0 aliphatic carbocycles. The molecule has 2 aliphatic heterocycles. The van der Waals surface area contributed by atoms with Crippen molar-refractivity contribution in [2.45, 2.75) is 71.9 Å². The lowest BCUT2D eigenvalue weighted by molar-refractivity contribution is -0.136. The Bertz CT molecular complexity index is 525. The van der Waals surface area contributed by atoms with E-state index < -0.39 is 17.7 Å². The predicted molar refractivity (Wildman–Crippen MR) is 108 cm³/mol. The van der Waals surface area contributed by atoms with Crippen molar-refractivity contribution < 1.29 is 15.7 Å². The van der Waals surface area contributed by atoms with E-state index in [9.17, 15) is 9.59 Å². The number of piperidine rings is 2. The highest BCUT2D eigenvalue weighted by molar-refractivity contribution is 5.86. The Kier molecular flexibility index (Phi) is 7.01. The van der Waals surface area contributed by atoms with Gasteiger partial charge in [0, 0.05) is 14.5 Å². The molecule has 2 aliphatic rings. The predicted octanol–water partition coefficient (Wildman–Crippen LogP) is 3.12. The number of likely N-dealkylation sites (tertiary alicyclic amines) is 2. The average Bonchev–Trinajstić information content (AvgIpc) is 2.66. The van der Waals surface area contributed by atoms with E-state index in [1.807, 2.05) is 18.7 Å². The van der Waals surface area contributed by atoms with Gasteiger partial charge in [-0.3, -0.25) is 4.79 Å². The molecular formula is C21H39N3O3. The van der Waals surface area contributed by atoms with Crippen LogP contribution in [0, 0.1) is 17.8 Å². The average molecular weight is 383 g/mol. The van der Waals surface area contributed by atoms with E-state index in [0.717, 1.165) is 31.8 Å². The van der Waals surface area contributed by atoms with E-state index >= 15 is 0 Å². The van der Waals surface area contributed by atoms with Gasteiger partial charge in [-0.05, 0) is 84.3 Å². The fourth-order valence-electron chi connectivity index (χ4n) is 4.21. The number of nitrogens with zero attached hydrogens (tertiary/aromatic N) is 2. The Labute approximate surface area is 166 Å². The summed E-state index contributed by atoms with van der Waals surface area (Å²) in [6.45, 7) is 11.1. The first kappa shape index (κ1) is 20.4. The Balaban J connectivity index is 1.87. The number of rotatable bonds is 4. The lowest BCUT2D eigenvalue weighted by Crippen LogP contribution is -2.54. The summed E-state index contributed by atoms with van der Waals surface area (Å²) in [5, 5.41) is 2.74. The van der Waals surface area contributed by atoms with Gasteiger partial charge in [0.15, 0.2) is 0 Å². The molecule has 2 rings (SSSR count). The Morgan fingerprint density at radius 1 is 1.07 bits per heavy atom. The van der Waals surface area contributed by atoms with E-state index in [1.54, 1.807) is 13.8 Å². The molecular weight excluding hydrogens is 342 g/mol. The number of carbonyl (C=O) groups excluding carboxylic acids is 2. The number of ether oxygens (including phenoxy) is 1. The zero-order valence-electron chi connectivity index (χ0n) is 18.8. The molecule has 2 amide bonds. The highest BCUT2D eigenvalue weighted by Gasteiger charge is 2.34. The third kappa shape index (κ3) is 6.66. The summed E-state index contributed by atoms with van der Waals surface area (Å²) >= 11 is 0. The molecule has 1 N–H and O–H groups in total. The first-order chi connectivity index (χ1) is 13.1. The maximum absolute atomic E-state index is 13.0. The standard InChI is InChI=1S/C21H39N3O3/c1-15(2)18(22-20(26)27-21(3,4)5)19(25)24-13-9-17(10-14-24)16-7-11-23(6)12-8-16/h15-18H,7-14H2,1-6H3,(H,22,26)/t18-/m0/s1/i3D. The summed E-state index contributed by atoms with van der Waals surface area (Å²) in [6.07, 6.45) is 4.03. The smallest absolute Gasteiger partial charge is 0.408 e. The van der Waals surface area contributed by atoms with Crippen LogP contribution in [0.2, 0.25) is 0 Å². The van der Waals surface area contributed by atoms with Gasteiger partial charge in [-0.1, -0.05) is 13.8 Å². The number of alkyl carbamates (subject to hydrolysis) is 1. The second kappa shape index (κ2) is 9.26. The first-order valence-corrected chi connectivity index (χ1v) is 10.4. The van der Waals surface area contributed by atoms with Crippen molar-refractivity contribution in [3.8, 4) is 0 Å². The van der Waals surface area contributed by atoms with Gasteiger partial charge in [-0.2, -0.15) is 0 Å². The number of hydrogen-bond acceptors (Lipinski definition) is 4. The van der Waals surface area contributed by atoms with E-state index in [1.165, 1.54) is 25.9 Å². The van der Waals surface area contributed by atoms with Crippen LogP contribution in [0.1, 0.15) is 61.6 Å². The molecule has 6 heteroatoms. The second-order valence-corrected chi connectivity index (χ2v) is 9.32. The van der Waals surface area contributed by atoms with E-state index in [0.29, 0.717) is 5.92 Å². The van der Waals surface area contributed by atoms with Crippen molar-refractivity contribution in [3.05, 3.63) is 0 Å². The van der Waals surface area contributed by atoms with Crippen LogP contribution in [-0.2, 0) is 9.53 Å². The molecule has 0 aromatic heterocycles. The van der Waals surface area contributed by atoms with Gasteiger partial charge in [0.25, 0.3) is 0 Å². The van der Waals surface area contributed by atoms with Gasteiger partial charge >= 0.3 is 6.09 Å². The Hall–Kier alpha value is -1.30. The van der Waals surface area contributed by atoms with Crippen molar-refractivity contribution in [1.29, 1.82) is 0 Å². The zero-order valence-corrected chi connectivity index (χ0v) is 17.8. The summed E-state index contributed by atoms with van der Waals surface area (Å²) < 4.78 is 12.7. The Morgan fingerprint density at radius 3 is 2.07 bits per heavy atom. The maximum Gasteiger partial charge on any atom is 0.408 e. The minimum absolute atomic E-state index is 0.0162. The molecule has 27 heavy (non-hydrogen) atoms. The van der Waals surface area contributed by atoms with Crippen LogP contribution < -0.4 is 5.32 Å². The first-order valence-electron chi connectivity index (χ1n) is 11.1. The Morgan fingerprint density at radius 2 is 1.59 bits per heavy atom. The largest absolute Gasteiger partial charge is 0.444 e. The zero-order chi connectivity index (χ0) is 20.9. The van der Waals surface area contributed by atoms with E-state index in [4.69, 9.17) is 6.11 Å². The van der Waals surface area contributed by atoms with Crippen LogP contribution in [0.25, 0.3) is 0 Å². The minimum atomic E-state index is -0.860. The van der Waals surface area contributed by atoms with Crippen molar-refractivity contribution in [2.75, 3.05) is 33.2 Å². The van der Waals surface area contributed by atoms with Crippen molar-refractivity contribution in [2.24, 2.45) is 17.8 Å². The van der Waals surface area contributed by atoms with Gasteiger partial charge in [0.1, 0.15) is 11.6 Å². The molecule has 1 atom stereocenters. The molecule has 2 saturated heterocycles. The molecule has 2 heterocycles. The summed E-state index contributed by atoms with van der Waals surface area (Å²) in [7, 11) is 2.19. The lowest BCUT2D eigenvalue weighted by atomic mass is 9.78. The van der Waals surface area contributed by atoms with Gasteiger partial charge in [-0.25, -0.2) is 4.79 Å². The summed E-state index contributed by atoms with van der Waals surface area (Å²) in [4.78, 5) is 29.6. The summed E-state index contributed by atoms with van der Waals surface area (Å²) in [6, 6.07) is -0.589. The highest BCUT2D eigenvalue weighted by atomic mass is 16.6. The van der Waals surface area contributed by atoms with Crippen LogP contribution in [0.3, 0.4) is 0 Å². The van der Waals surface area contributed by atoms with Crippen LogP contribution in [-0.4, -0.2) is 66.7 Å². The van der Waals surface area contributed by atoms with Crippen LogP contribution in [0.4, 0.5) is 4.79 Å². The number of nitrogens with one attached hydrogen (secondary N) is 1. The topological polar surface area (TPSA) is 61.9 Å². The molecule has 0 bridgehead atoms. The normalized spacial score (nSPS) is 22.4. The number of amides is 2. The van der Waals surface area contributed by atoms with Crippen LogP contribution in [0.5, 0.6) is 0 Å². The van der Waals surface area contributed by atoms with Crippen LogP contribution >= 0.6 is 0 Å². The summed E-state index contributed by atoms with van der Waals surface area (Å²) in [5.41, 5.74) is -0.860. The van der Waals surface area contributed by atoms with E-state index in [2.05, 4.69) is 17.3 Å². The lowest BCUT2D eigenvalue weighted by Gasteiger charge is -2.40. The highest BCUT2D eigenvalue weighted by Crippen LogP contribution is 2.32. The van der Waals surface area contributed by atoms with Gasteiger partial charge in [0.05, 0.1) is 0 Å². The SMILES string of the molecule is [2H]CC(C)(C)OC(=O)N[C@H](C(=O)N1CCC(C2CCN(C)CC2)CC1)C(C)C. The third-order valence-electron chi connectivity index (χ3n) is 5.86. The van der Waals surface area contributed by atoms with Crippen molar-refractivity contribution in [1.82, 2.24) is 15.1 Å². The molecule has 0 saturated carbocycles. The minimum Gasteiger partial charge on any atom is -0.444 e. The number of carbonyl (C=O) groups is 2. The fraction of sp³-hybridized carbons (Fsp3) is 0.905. The second-order valence-electron chi connectivity index (χ2n) is 9.32. The molecule has 0 aromatic carbocycles. The molecule has 2 fully saturated rings. The third-order valence-corrected chi connectivity index (χ3v) is 5.86. The molecule has 6 nitrogen and oxygen atoms in total. The quantitative estimate of drug-likeness (QED) is 0.811. The molecule has 0 radical (unpaired) electrons. The van der Waals surface area contributed by atoms with Gasteiger partial charge in [0.2, 0.25) is 5.91 Å².